The number of nitrogens with zero attached hydrogens (tertiary/aromatic N) is 1. The Morgan fingerprint density at radius 2 is 2.25 bits per heavy atom. The predicted octanol–water partition coefficient (Wildman–Crippen LogP) is 3.04. The molecule has 1 aliphatic carbocycles. The molecule has 0 saturated heterocycles. The van der Waals surface area contributed by atoms with Gasteiger partial charge < -0.3 is 11.1 Å². The van der Waals surface area contributed by atoms with E-state index >= 15 is 0 Å². The summed E-state index contributed by atoms with van der Waals surface area (Å²) in [5.74, 6) is 0.903. The van der Waals surface area contributed by atoms with Crippen molar-refractivity contribution in [2.75, 3.05) is 11.1 Å². The number of aromatic nitrogens is 1. The smallest absolute Gasteiger partial charge is 0.128 e. The van der Waals surface area contributed by atoms with Gasteiger partial charge in [0.05, 0.1) is 0 Å². The average molecular weight is 219 g/mol. The van der Waals surface area contributed by atoms with Crippen molar-refractivity contribution >= 4 is 11.5 Å². The molecule has 1 fully saturated rings. The van der Waals surface area contributed by atoms with E-state index in [2.05, 4.69) is 24.1 Å². The summed E-state index contributed by atoms with van der Waals surface area (Å²) in [7, 11) is 0. The van der Waals surface area contributed by atoms with Crippen molar-refractivity contribution in [2.24, 2.45) is 5.41 Å². The number of rotatable bonds is 2. The number of hydrogen-bond acceptors (Lipinski definition) is 3. The number of anilines is 2. The molecule has 1 unspecified atom stereocenters. The molecule has 1 atom stereocenters. The largest absolute Gasteiger partial charge is 0.399 e. The summed E-state index contributed by atoms with van der Waals surface area (Å²) in [5.41, 5.74) is 6.87. The number of hydrogen-bond donors (Lipinski definition) is 2. The van der Waals surface area contributed by atoms with E-state index in [-0.39, 0.29) is 0 Å². The Balaban J connectivity index is 2.08. The third-order valence-corrected chi connectivity index (χ3v) is 3.61. The lowest BCUT2D eigenvalue weighted by Gasteiger charge is -2.39. The molecule has 2 rings (SSSR count). The summed E-state index contributed by atoms with van der Waals surface area (Å²) < 4.78 is 0. The van der Waals surface area contributed by atoms with Gasteiger partial charge in [-0.3, -0.25) is 0 Å². The molecule has 3 nitrogen and oxygen atoms in total. The van der Waals surface area contributed by atoms with Gasteiger partial charge in [-0.25, -0.2) is 4.98 Å². The molecule has 1 heterocycles. The van der Waals surface area contributed by atoms with Gasteiger partial charge in [-0.1, -0.05) is 26.7 Å². The van der Waals surface area contributed by atoms with Crippen molar-refractivity contribution in [3.63, 3.8) is 0 Å². The molecule has 0 radical (unpaired) electrons. The maximum atomic E-state index is 5.75. The van der Waals surface area contributed by atoms with Crippen molar-refractivity contribution < 1.29 is 0 Å². The molecule has 1 aromatic heterocycles. The number of nitrogens with two attached hydrogens (primary N) is 1. The zero-order valence-electron chi connectivity index (χ0n) is 10.2. The van der Waals surface area contributed by atoms with Gasteiger partial charge in [-0.2, -0.15) is 0 Å². The Morgan fingerprint density at radius 1 is 1.44 bits per heavy atom. The topological polar surface area (TPSA) is 50.9 Å². The lowest BCUT2D eigenvalue weighted by Crippen LogP contribution is -2.39. The number of nitrogens with one attached hydrogen (secondary N) is 1. The number of pyridine rings is 1. The van der Waals surface area contributed by atoms with Gasteiger partial charge >= 0.3 is 0 Å². The van der Waals surface area contributed by atoms with Crippen molar-refractivity contribution in [3.05, 3.63) is 18.3 Å². The van der Waals surface area contributed by atoms with Gasteiger partial charge in [-0.05, 0) is 24.3 Å². The van der Waals surface area contributed by atoms with E-state index in [9.17, 15) is 0 Å². The van der Waals surface area contributed by atoms with Crippen LogP contribution in [0, 0.1) is 5.41 Å². The molecule has 0 spiro atoms. The summed E-state index contributed by atoms with van der Waals surface area (Å²) in [4.78, 5) is 4.31. The van der Waals surface area contributed by atoms with Crippen LogP contribution >= 0.6 is 0 Å². The van der Waals surface area contributed by atoms with Gasteiger partial charge in [0.25, 0.3) is 0 Å². The molecular formula is C13H21N3. The lowest BCUT2D eigenvalue weighted by atomic mass is 9.73. The molecule has 1 aromatic rings. The standard InChI is InChI=1S/C13H21N3/c1-13(2)7-4-3-5-11(13)16-12-9-10(14)6-8-15-12/h6,8-9,11H,3-5,7H2,1-2H3,(H3,14,15,16). The second-order valence-electron chi connectivity index (χ2n) is 5.41. The normalized spacial score (nSPS) is 24.0. The highest BCUT2D eigenvalue weighted by Gasteiger charge is 2.32. The first-order valence-electron chi connectivity index (χ1n) is 6.06. The van der Waals surface area contributed by atoms with Crippen LogP contribution in [0.25, 0.3) is 0 Å². The minimum Gasteiger partial charge on any atom is -0.399 e. The van der Waals surface area contributed by atoms with Crippen LogP contribution < -0.4 is 11.1 Å². The van der Waals surface area contributed by atoms with Gasteiger partial charge in [0.2, 0.25) is 0 Å². The van der Waals surface area contributed by atoms with Crippen LogP contribution in [0.3, 0.4) is 0 Å². The Morgan fingerprint density at radius 3 is 2.94 bits per heavy atom. The summed E-state index contributed by atoms with van der Waals surface area (Å²) in [6.07, 6.45) is 6.92. The highest BCUT2D eigenvalue weighted by Crippen LogP contribution is 2.37. The van der Waals surface area contributed by atoms with Crippen molar-refractivity contribution in [3.8, 4) is 0 Å². The molecule has 1 saturated carbocycles. The maximum Gasteiger partial charge on any atom is 0.128 e. The zero-order valence-corrected chi connectivity index (χ0v) is 10.2. The van der Waals surface area contributed by atoms with E-state index in [4.69, 9.17) is 5.73 Å². The Hall–Kier alpha value is -1.25. The Labute approximate surface area is 97.5 Å². The van der Waals surface area contributed by atoms with Gasteiger partial charge in [0.1, 0.15) is 5.82 Å². The minimum absolute atomic E-state index is 0.352. The van der Waals surface area contributed by atoms with E-state index in [0.29, 0.717) is 11.5 Å². The van der Waals surface area contributed by atoms with Crippen LogP contribution in [0.4, 0.5) is 11.5 Å². The van der Waals surface area contributed by atoms with Crippen LogP contribution in [-0.2, 0) is 0 Å². The SMILES string of the molecule is CC1(C)CCCCC1Nc1cc(N)ccn1. The highest BCUT2D eigenvalue weighted by atomic mass is 15.0. The molecule has 0 aromatic carbocycles. The van der Waals surface area contributed by atoms with Gasteiger partial charge in [0.15, 0.2) is 0 Å². The molecule has 0 amide bonds. The van der Waals surface area contributed by atoms with E-state index in [1.165, 1.54) is 25.7 Å². The molecule has 16 heavy (non-hydrogen) atoms. The number of nitrogen functional groups attached to an aromatic ring is 1. The van der Waals surface area contributed by atoms with Crippen LogP contribution in [0.15, 0.2) is 18.3 Å². The average Bonchev–Trinajstić information content (AvgIpc) is 2.21. The summed E-state index contributed by atoms with van der Waals surface area (Å²) in [5, 5.41) is 3.52. The Kier molecular flexibility index (Phi) is 3.03. The molecule has 88 valence electrons. The first-order valence-corrected chi connectivity index (χ1v) is 6.06. The quantitative estimate of drug-likeness (QED) is 0.803. The second-order valence-corrected chi connectivity index (χ2v) is 5.41. The van der Waals surface area contributed by atoms with Crippen molar-refractivity contribution in [1.29, 1.82) is 0 Å². The summed E-state index contributed by atoms with van der Waals surface area (Å²) >= 11 is 0. The first kappa shape index (κ1) is 11.2. The zero-order chi connectivity index (χ0) is 11.6. The highest BCUT2D eigenvalue weighted by molar-refractivity contribution is 5.49. The van der Waals surface area contributed by atoms with Crippen LogP contribution in [0.1, 0.15) is 39.5 Å². The molecular weight excluding hydrogens is 198 g/mol. The van der Waals surface area contributed by atoms with Crippen LogP contribution in [-0.4, -0.2) is 11.0 Å². The second kappa shape index (κ2) is 4.32. The fraction of sp³-hybridized carbons (Fsp3) is 0.615. The fourth-order valence-corrected chi connectivity index (χ4v) is 2.47. The maximum absolute atomic E-state index is 5.75. The van der Waals surface area contributed by atoms with Crippen LogP contribution in [0.5, 0.6) is 0 Å². The van der Waals surface area contributed by atoms with Gasteiger partial charge in [0, 0.05) is 24.0 Å². The van der Waals surface area contributed by atoms with E-state index in [0.717, 1.165) is 11.5 Å². The molecule has 3 N–H and O–H groups in total. The first-order chi connectivity index (χ1) is 7.58. The van der Waals surface area contributed by atoms with Crippen LogP contribution in [0.2, 0.25) is 0 Å². The van der Waals surface area contributed by atoms with E-state index in [1.54, 1.807) is 6.20 Å². The predicted molar refractivity (Wildman–Crippen MR) is 68.3 cm³/mol. The summed E-state index contributed by atoms with van der Waals surface area (Å²) in [6.45, 7) is 4.66. The minimum atomic E-state index is 0.352. The van der Waals surface area contributed by atoms with Crippen molar-refractivity contribution in [1.82, 2.24) is 4.98 Å². The molecule has 0 bridgehead atoms. The Bertz CT molecular complexity index is 360. The van der Waals surface area contributed by atoms with E-state index < -0.39 is 0 Å². The third kappa shape index (κ3) is 2.46. The molecule has 3 heteroatoms. The lowest BCUT2D eigenvalue weighted by molar-refractivity contribution is 0.216. The summed E-state index contributed by atoms with van der Waals surface area (Å²) in [6, 6.07) is 4.23. The third-order valence-electron chi connectivity index (χ3n) is 3.61. The molecule has 0 aliphatic heterocycles. The van der Waals surface area contributed by atoms with Crippen molar-refractivity contribution in [2.45, 2.75) is 45.6 Å². The van der Waals surface area contributed by atoms with Gasteiger partial charge in [-0.15, -0.1) is 0 Å². The van der Waals surface area contributed by atoms with E-state index in [1.807, 2.05) is 12.1 Å². The monoisotopic (exact) mass is 219 g/mol. The molecule has 1 aliphatic rings. The fourth-order valence-electron chi connectivity index (χ4n) is 2.47.